The van der Waals surface area contributed by atoms with E-state index in [0.717, 1.165) is 22.7 Å². The highest BCUT2D eigenvalue weighted by atomic mass is 35.5. The Morgan fingerprint density at radius 2 is 1.95 bits per heavy atom. The van der Waals surface area contributed by atoms with E-state index >= 15 is 0 Å². The van der Waals surface area contributed by atoms with E-state index in [1.807, 2.05) is 48.3 Å². The summed E-state index contributed by atoms with van der Waals surface area (Å²) in [6.45, 7) is 1.72. The van der Waals surface area contributed by atoms with Crippen molar-refractivity contribution in [3.8, 4) is 5.75 Å². The van der Waals surface area contributed by atoms with Crippen molar-refractivity contribution in [2.45, 2.75) is 13.0 Å². The molecule has 0 aromatic heterocycles. The van der Waals surface area contributed by atoms with Crippen LogP contribution >= 0.6 is 11.6 Å². The molecule has 0 saturated carbocycles. The van der Waals surface area contributed by atoms with E-state index in [1.165, 1.54) is 0 Å². The SMILES string of the molecule is COc1cccc(N(C)c2ccc([C@@H](C)O)cc2Cl)c1. The lowest BCUT2D eigenvalue weighted by Crippen LogP contribution is -2.10. The van der Waals surface area contributed by atoms with Crippen LogP contribution in [0.5, 0.6) is 5.75 Å². The average molecular weight is 292 g/mol. The predicted molar refractivity (Wildman–Crippen MR) is 83.1 cm³/mol. The van der Waals surface area contributed by atoms with Gasteiger partial charge in [0.1, 0.15) is 5.75 Å². The topological polar surface area (TPSA) is 32.7 Å². The molecule has 106 valence electrons. The van der Waals surface area contributed by atoms with Crippen molar-refractivity contribution in [2.75, 3.05) is 19.1 Å². The Kier molecular flexibility index (Phi) is 4.53. The molecule has 0 saturated heterocycles. The van der Waals surface area contributed by atoms with Crippen LogP contribution in [0.15, 0.2) is 42.5 Å². The van der Waals surface area contributed by atoms with Crippen molar-refractivity contribution in [1.29, 1.82) is 0 Å². The number of nitrogens with zero attached hydrogens (tertiary/aromatic N) is 1. The minimum atomic E-state index is -0.524. The molecule has 0 bridgehead atoms. The first kappa shape index (κ1) is 14.7. The van der Waals surface area contributed by atoms with Gasteiger partial charge in [-0.05, 0) is 36.8 Å². The molecule has 0 fully saturated rings. The summed E-state index contributed by atoms with van der Waals surface area (Å²) in [5, 5.41) is 10.2. The second-order valence-electron chi connectivity index (χ2n) is 4.65. The lowest BCUT2D eigenvalue weighted by atomic mass is 10.1. The fourth-order valence-electron chi connectivity index (χ4n) is 2.01. The van der Waals surface area contributed by atoms with E-state index in [9.17, 15) is 5.11 Å². The maximum absolute atomic E-state index is 9.57. The number of halogens is 1. The summed E-state index contributed by atoms with van der Waals surface area (Å²) in [7, 11) is 3.58. The zero-order chi connectivity index (χ0) is 14.7. The zero-order valence-corrected chi connectivity index (χ0v) is 12.6. The van der Waals surface area contributed by atoms with Crippen molar-refractivity contribution in [1.82, 2.24) is 0 Å². The van der Waals surface area contributed by atoms with Gasteiger partial charge in [-0.15, -0.1) is 0 Å². The molecule has 1 atom stereocenters. The number of aliphatic hydroxyl groups excluding tert-OH is 1. The smallest absolute Gasteiger partial charge is 0.120 e. The van der Waals surface area contributed by atoms with Gasteiger partial charge in [-0.25, -0.2) is 0 Å². The van der Waals surface area contributed by atoms with Crippen LogP contribution in [0.3, 0.4) is 0 Å². The number of methoxy groups -OCH3 is 1. The summed E-state index contributed by atoms with van der Waals surface area (Å²) in [4.78, 5) is 1.98. The third kappa shape index (κ3) is 3.06. The van der Waals surface area contributed by atoms with Crippen LogP contribution < -0.4 is 9.64 Å². The third-order valence-corrected chi connectivity index (χ3v) is 3.56. The van der Waals surface area contributed by atoms with Gasteiger partial charge in [0.2, 0.25) is 0 Å². The Morgan fingerprint density at radius 1 is 1.20 bits per heavy atom. The molecule has 2 rings (SSSR count). The number of benzene rings is 2. The highest BCUT2D eigenvalue weighted by Crippen LogP contribution is 2.33. The normalized spacial score (nSPS) is 12.1. The van der Waals surface area contributed by atoms with Gasteiger partial charge in [-0.3, -0.25) is 0 Å². The van der Waals surface area contributed by atoms with E-state index in [2.05, 4.69) is 0 Å². The molecule has 20 heavy (non-hydrogen) atoms. The second-order valence-corrected chi connectivity index (χ2v) is 5.05. The second kappa shape index (κ2) is 6.16. The van der Waals surface area contributed by atoms with E-state index in [4.69, 9.17) is 16.3 Å². The summed E-state index contributed by atoms with van der Waals surface area (Å²) in [6.07, 6.45) is -0.524. The van der Waals surface area contributed by atoms with Crippen LogP contribution in [0.1, 0.15) is 18.6 Å². The minimum absolute atomic E-state index is 0.524. The maximum Gasteiger partial charge on any atom is 0.120 e. The predicted octanol–water partition coefficient (Wildman–Crippen LogP) is 4.17. The van der Waals surface area contributed by atoms with Crippen molar-refractivity contribution in [2.24, 2.45) is 0 Å². The molecule has 0 aliphatic heterocycles. The first-order chi connectivity index (χ1) is 9.52. The number of ether oxygens (including phenoxy) is 1. The molecule has 0 aliphatic carbocycles. The molecule has 0 aliphatic rings. The molecule has 2 aromatic carbocycles. The number of rotatable bonds is 4. The fraction of sp³-hybridized carbons (Fsp3) is 0.250. The highest BCUT2D eigenvalue weighted by Gasteiger charge is 2.11. The molecule has 0 unspecified atom stereocenters. The summed E-state index contributed by atoms with van der Waals surface area (Å²) in [5.74, 6) is 0.797. The van der Waals surface area contributed by atoms with Gasteiger partial charge in [-0.1, -0.05) is 23.7 Å². The first-order valence-corrected chi connectivity index (χ1v) is 6.76. The zero-order valence-electron chi connectivity index (χ0n) is 11.8. The van der Waals surface area contributed by atoms with Crippen LogP contribution in [0.25, 0.3) is 0 Å². The molecule has 4 heteroatoms. The van der Waals surface area contributed by atoms with Gasteiger partial charge in [0.05, 0.1) is 23.9 Å². The van der Waals surface area contributed by atoms with Crippen LogP contribution in [-0.4, -0.2) is 19.3 Å². The molecule has 2 aromatic rings. The van der Waals surface area contributed by atoms with Crippen LogP contribution in [0.4, 0.5) is 11.4 Å². The summed E-state index contributed by atoms with van der Waals surface area (Å²) < 4.78 is 5.23. The molecular formula is C16H18ClNO2. The minimum Gasteiger partial charge on any atom is -0.497 e. The average Bonchev–Trinajstić information content (AvgIpc) is 2.46. The van der Waals surface area contributed by atoms with E-state index in [0.29, 0.717) is 5.02 Å². The quantitative estimate of drug-likeness (QED) is 0.918. The lowest BCUT2D eigenvalue weighted by Gasteiger charge is -2.22. The van der Waals surface area contributed by atoms with Crippen molar-refractivity contribution >= 4 is 23.0 Å². The Labute approximate surface area is 124 Å². The van der Waals surface area contributed by atoms with Crippen molar-refractivity contribution < 1.29 is 9.84 Å². The molecule has 0 amide bonds. The van der Waals surface area contributed by atoms with E-state index in [-0.39, 0.29) is 0 Å². The Bertz CT molecular complexity index is 599. The van der Waals surface area contributed by atoms with Gasteiger partial charge in [0.15, 0.2) is 0 Å². The lowest BCUT2D eigenvalue weighted by molar-refractivity contribution is 0.199. The van der Waals surface area contributed by atoms with Crippen molar-refractivity contribution in [3.05, 3.63) is 53.1 Å². The number of aliphatic hydroxyl groups is 1. The Balaban J connectivity index is 2.35. The van der Waals surface area contributed by atoms with E-state index in [1.54, 1.807) is 20.1 Å². The molecular weight excluding hydrogens is 274 g/mol. The number of anilines is 2. The standard InChI is InChI=1S/C16H18ClNO2/c1-11(19)12-7-8-16(15(17)9-12)18(2)13-5-4-6-14(10-13)20-3/h4-11,19H,1-3H3/t11-/m1/s1. The highest BCUT2D eigenvalue weighted by molar-refractivity contribution is 6.33. The summed E-state index contributed by atoms with van der Waals surface area (Å²) in [6, 6.07) is 13.3. The molecule has 1 N–H and O–H groups in total. The van der Waals surface area contributed by atoms with Crippen LogP contribution in [0.2, 0.25) is 5.02 Å². The summed E-state index contributed by atoms with van der Waals surface area (Å²) >= 11 is 6.31. The van der Waals surface area contributed by atoms with Crippen molar-refractivity contribution in [3.63, 3.8) is 0 Å². The van der Waals surface area contributed by atoms with Gasteiger partial charge in [0, 0.05) is 18.8 Å². The van der Waals surface area contributed by atoms with Gasteiger partial charge in [-0.2, -0.15) is 0 Å². The molecule has 0 radical (unpaired) electrons. The molecule has 0 spiro atoms. The van der Waals surface area contributed by atoms with Gasteiger partial charge in [0.25, 0.3) is 0 Å². The first-order valence-electron chi connectivity index (χ1n) is 6.38. The number of hydrogen-bond donors (Lipinski definition) is 1. The monoisotopic (exact) mass is 291 g/mol. The van der Waals surface area contributed by atoms with Gasteiger partial charge >= 0.3 is 0 Å². The Hall–Kier alpha value is -1.71. The fourth-order valence-corrected chi connectivity index (χ4v) is 2.33. The molecule has 0 heterocycles. The summed E-state index contributed by atoms with van der Waals surface area (Å²) in [5.41, 5.74) is 2.66. The van der Waals surface area contributed by atoms with Gasteiger partial charge < -0.3 is 14.7 Å². The Morgan fingerprint density at radius 3 is 2.55 bits per heavy atom. The van der Waals surface area contributed by atoms with E-state index < -0.39 is 6.10 Å². The largest absolute Gasteiger partial charge is 0.497 e. The number of hydrogen-bond acceptors (Lipinski definition) is 3. The third-order valence-electron chi connectivity index (χ3n) is 3.26. The van der Waals surface area contributed by atoms with Crippen LogP contribution in [-0.2, 0) is 0 Å². The maximum atomic E-state index is 9.57. The van der Waals surface area contributed by atoms with Crippen LogP contribution in [0, 0.1) is 0 Å². The molecule has 3 nitrogen and oxygen atoms in total.